The highest BCUT2D eigenvalue weighted by Crippen LogP contribution is 2.32. The van der Waals surface area contributed by atoms with E-state index >= 15 is 0 Å². The molecule has 166 valence electrons. The molecule has 10 heteroatoms. The molecule has 3 N–H and O–H groups in total. The molecule has 0 aliphatic rings. The topological polar surface area (TPSA) is 142 Å². The lowest BCUT2D eigenvalue weighted by atomic mass is 9.88. The fourth-order valence-corrected chi connectivity index (χ4v) is 3.50. The molecule has 0 aromatic carbocycles. The molecule has 1 unspecified atom stereocenters. The number of aliphatic hydroxyl groups is 1. The van der Waals surface area contributed by atoms with Crippen molar-refractivity contribution in [2.24, 2.45) is 5.92 Å². The summed E-state index contributed by atoms with van der Waals surface area (Å²) in [4.78, 5) is 17.2. The van der Waals surface area contributed by atoms with E-state index in [1.807, 2.05) is 18.3 Å². The van der Waals surface area contributed by atoms with Crippen LogP contribution in [0.1, 0.15) is 45.0 Å². The van der Waals surface area contributed by atoms with Crippen LogP contribution in [0.15, 0.2) is 47.6 Å². The van der Waals surface area contributed by atoms with Crippen LogP contribution in [0.25, 0.3) is 22.7 Å². The maximum absolute atomic E-state index is 9.99. The van der Waals surface area contributed by atoms with Crippen LogP contribution < -0.4 is 5.73 Å². The van der Waals surface area contributed by atoms with Crippen molar-refractivity contribution in [3.8, 4) is 22.7 Å². The Kier molecular flexibility index (Phi) is 5.70. The summed E-state index contributed by atoms with van der Waals surface area (Å²) in [5.74, 6) is 1.31. The largest absolute Gasteiger partial charge is 0.389 e. The molecule has 0 aliphatic carbocycles. The summed E-state index contributed by atoms with van der Waals surface area (Å²) < 4.78 is 7.18. The fraction of sp³-hybridized carbons (Fsp3) is 0.364. The lowest BCUT2D eigenvalue weighted by Crippen LogP contribution is -2.26. The molecule has 32 heavy (non-hydrogen) atoms. The third kappa shape index (κ3) is 4.80. The normalized spacial score (nSPS) is 12.9. The van der Waals surface area contributed by atoms with E-state index in [0.717, 1.165) is 16.8 Å². The zero-order valence-corrected chi connectivity index (χ0v) is 18.5. The summed E-state index contributed by atoms with van der Waals surface area (Å²) in [5.41, 5.74) is 7.91. The Morgan fingerprint density at radius 2 is 1.81 bits per heavy atom. The summed E-state index contributed by atoms with van der Waals surface area (Å²) in [6, 6.07) is 3.92. The minimum absolute atomic E-state index is 0.0943. The van der Waals surface area contributed by atoms with Crippen molar-refractivity contribution in [1.82, 2.24) is 34.9 Å². The summed E-state index contributed by atoms with van der Waals surface area (Å²) in [6.45, 7) is 8.02. The van der Waals surface area contributed by atoms with E-state index in [1.165, 1.54) is 0 Å². The molecular formula is C22H26N8O2. The van der Waals surface area contributed by atoms with E-state index in [1.54, 1.807) is 43.3 Å². The molecule has 0 aliphatic heterocycles. The van der Waals surface area contributed by atoms with Crippen LogP contribution in [0.3, 0.4) is 0 Å². The maximum atomic E-state index is 9.99. The van der Waals surface area contributed by atoms with Gasteiger partial charge < -0.3 is 15.4 Å². The van der Waals surface area contributed by atoms with Gasteiger partial charge in [0.05, 0.1) is 35.5 Å². The molecule has 1 atom stereocenters. The van der Waals surface area contributed by atoms with Gasteiger partial charge in [0.2, 0.25) is 5.95 Å². The number of anilines is 1. The number of pyridine rings is 1. The van der Waals surface area contributed by atoms with Crippen LogP contribution in [-0.2, 0) is 6.54 Å². The first-order valence-electron chi connectivity index (χ1n) is 10.3. The van der Waals surface area contributed by atoms with Crippen molar-refractivity contribution in [2.45, 2.75) is 45.8 Å². The summed E-state index contributed by atoms with van der Waals surface area (Å²) in [7, 11) is 0. The predicted molar refractivity (Wildman–Crippen MR) is 118 cm³/mol. The standard InChI is InChI=1S/C22H26N8O2/c1-13(2)18(14-5-6-17(24-7-14)15-8-25-21(23)26-9-15)19-28-20(32-29-19)16-10-27-30(11-16)12-22(3,4)31/h5-11,13,18,31H,12H2,1-4H3,(H2,23,25,26). The molecule has 4 aromatic rings. The van der Waals surface area contributed by atoms with Gasteiger partial charge in [-0.15, -0.1) is 0 Å². The maximum Gasteiger partial charge on any atom is 0.261 e. The van der Waals surface area contributed by atoms with Crippen molar-refractivity contribution in [1.29, 1.82) is 0 Å². The molecule has 0 saturated carbocycles. The van der Waals surface area contributed by atoms with Gasteiger partial charge >= 0.3 is 0 Å². The lowest BCUT2D eigenvalue weighted by Gasteiger charge is -2.17. The van der Waals surface area contributed by atoms with E-state index in [0.29, 0.717) is 23.8 Å². The monoisotopic (exact) mass is 434 g/mol. The van der Waals surface area contributed by atoms with Gasteiger partial charge in [-0.2, -0.15) is 10.1 Å². The second kappa shape index (κ2) is 8.46. The first-order valence-corrected chi connectivity index (χ1v) is 10.3. The van der Waals surface area contributed by atoms with Gasteiger partial charge in [-0.05, 0) is 31.4 Å². The predicted octanol–water partition coefficient (Wildman–Crippen LogP) is 2.93. The van der Waals surface area contributed by atoms with Crippen LogP contribution in [0.5, 0.6) is 0 Å². The molecule has 10 nitrogen and oxygen atoms in total. The highest BCUT2D eigenvalue weighted by atomic mass is 16.5. The quantitative estimate of drug-likeness (QED) is 0.449. The summed E-state index contributed by atoms with van der Waals surface area (Å²) in [5, 5.41) is 18.5. The second-order valence-corrected chi connectivity index (χ2v) is 8.73. The number of nitrogen functional groups attached to an aromatic ring is 1. The fourth-order valence-electron chi connectivity index (χ4n) is 3.50. The number of nitrogens with zero attached hydrogens (tertiary/aromatic N) is 7. The van der Waals surface area contributed by atoms with Crippen LogP contribution in [0.2, 0.25) is 0 Å². The van der Waals surface area contributed by atoms with Crippen molar-refractivity contribution in [3.05, 3.63) is 54.5 Å². The van der Waals surface area contributed by atoms with Crippen molar-refractivity contribution >= 4 is 5.95 Å². The zero-order valence-electron chi connectivity index (χ0n) is 18.5. The van der Waals surface area contributed by atoms with Crippen LogP contribution in [0.4, 0.5) is 5.95 Å². The highest BCUT2D eigenvalue weighted by Gasteiger charge is 2.25. The third-order valence-corrected chi connectivity index (χ3v) is 4.93. The Balaban J connectivity index is 1.57. The summed E-state index contributed by atoms with van der Waals surface area (Å²) >= 11 is 0. The Labute approximate surface area is 185 Å². The molecule has 4 aromatic heterocycles. The zero-order chi connectivity index (χ0) is 22.9. The molecule has 4 rings (SSSR count). The van der Waals surface area contributed by atoms with E-state index in [2.05, 4.69) is 44.0 Å². The number of nitrogens with two attached hydrogens (primary N) is 1. The molecule has 0 amide bonds. The SMILES string of the molecule is CC(C)C(c1ccc(-c2cnc(N)nc2)nc1)c1noc(-c2cnn(CC(C)(C)O)c2)n1. The third-order valence-electron chi connectivity index (χ3n) is 4.93. The molecule has 0 spiro atoms. The van der Waals surface area contributed by atoms with E-state index < -0.39 is 5.60 Å². The molecule has 4 heterocycles. The first-order chi connectivity index (χ1) is 15.2. The highest BCUT2D eigenvalue weighted by molar-refractivity contribution is 5.57. The Hall–Kier alpha value is -3.66. The van der Waals surface area contributed by atoms with Crippen LogP contribution >= 0.6 is 0 Å². The Morgan fingerprint density at radius 1 is 1.06 bits per heavy atom. The molecular weight excluding hydrogens is 408 g/mol. The molecule has 0 saturated heterocycles. The number of hydrogen-bond donors (Lipinski definition) is 2. The van der Waals surface area contributed by atoms with E-state index in [9.17, 15) is 5.11 Å². The smallest absolute Gasteiger partial charge is 0.261 e. The van der Waals surface area contributed by atoms with Crippen LogP contribution in [-0.4, -0.2) is 45.6 Å². The molecule has 0 radical (unpaired) electrons. The van der Waals surface area contributed by atoms with Crippen molar-refractivity contribution in [2.75, 3.05) is 5.73 Å². The van der Waals surface area contributed by atoms with E-state index in [-0.39, 0.29) is 17.8 Å². The Morgan fingerprint density at radius 3 is 2.44 bits per heavy atom. The van der Waals surface area contributed by atoms with Gasteiger partial charge in [0.25, 0.3) is 5.89 Å². The lowest BCUT2D eigenvalue weighted by molar-refractivity contribution is 0.0577. The minimum Gasteiger partial charge on any atom is -0.389 e. The molecule has 0 bridgehead atoms. The average Bonchev–Trinajstić information content (AvgIpc) is 3.38. The van der Waals surface area contributed by atoms with Gasteiger partial charge in [0.1, 0.15) is 0 Å². The van der Waals surface area contributed by atoms with Crippen LogP contribution in [0, 0.1) is 5.92 Å². The van der Waals surface area contributed by atoms with Crippen molar-refractivity contribution in [3.63, 3.8) is 0 Å². The Bertz CT molecular complexity index is 1170. The van der Waals surface area contributed by atoms with Gasteiger partial charge in [-0.1, -0.05) is 25.1 Å². The van der Waals surface area contributed by atoms with Crippen molar-refractivity contribution < 1.29 is 9.63 Å². The minimum atomic E-state index is -0.871. The second-order valence-electron chi connectivity index (χ2n) is 8.73. The molecule has 0 fully saturated rings. The average molecular weight is 435 g/mol. The van der Waals surface area contributed by atoms with E-state index in [4.69, 9.17) is 10.3 Å². The first kappa shape index (κ1) is 21.6. The van der Waals surface area contributed by atoms with Gasteiger partial charge in [0, 0.05) is 30.4 Å². The number of hydrogen-bond acceptors (Lipinski definition) is 9. The van der Waals surface area contributed by atoms with Gasteiger partial charge in [0.15, 0.2) is 5.82 Å². The van der Waals surface area contributed by atoms with Gasteiger partial charge in [-0.3, -0.25) is 9.67 Å². The summed E-state index contributed by atoms with van der Waals surface area (Å²) in [6.07, 6.45) is 8.54. The van der Waals surface area contributed by atoms with Gasteiger partial charge in [-0.25, -0.2) is 9.97 Å². The number of aromatic nitrogens is 7. The number of rotatable bonds is 7.